The van der Waals surface area contributed by atoms with Gasteiger partial charge in [-0.1, -0.05) is 11.6 Å². The van der Waals surface area contributed by atoms with Crippen molar-refractivity contribution in [3.63, 3.8) is 0 Å². The summed E-state index contributed by atoms with van der Waals surface area (Å²) >= 11 is 7.57. The van der Waals surface area contributed by atoms with Crippen LogP contribution in [0.1, 0.15) is 12.8 Å². The molecule has 0 spiro atoms. The number of carbonyl (C=O) groups is 1. The molecular formula is C16H18ClN3O2S. The smallest absolute Gasteiger partial charge is 0.229 e. The van der Waals surface area contributed by atoms with E-state index in [0.717, 1.165) is 37.2 Å². The van der Waals surface area contributed by atoms with Gasteiger partial charge in [-0.2, -0.15) is 0 Å². The maximum absolute atomic E-state index is 12.2. The Morgan fingerprint density at radius 1 is 1.43 bits per heavy atom. The summed E-state index contributed by atoms with van der Waals surface area (Å²) in [6, 6.07) is 5.52. The summed E-state index contributed by atoms with van der Waals surface area (Å²) in [6.45, 7) is 1.79. The van der Waals surface area contributed by atoms with Gasteiger partial charge in [-0.3, -0.25) is 4.79 Å². The van der Waals surface area contributed by atoms with Crippen molar-refractivity contribution in [2.24, 2.45) is 5.92 Å². The number of methoxy groups -OCH3 is 1. The van der Waals surface area contributed by atoms with E-state index in [-0.39, 0.29) is 11.8 Å². The average molecular weight is 352 g/mol. The van der Waals surface area contributed by atoms with Gasteiger partial charge >= 0.3 is 0 Å². The number of benzene rings is 1. The molecule has 2 aromatic rings. The molecule has 1 aromatic carbocycles. The summed E-state index contributed by atoms with van der Waals surface area (Å²) in [4.78, 5) is 16.7. The molecule has 0 saturated carbocycles. The van der Waals surface area contributed by atoms with Crippen molar-refractivity contribution < 1.29 is 9.53 Å². The van der Waals surface area contributed by atoms with Crippen LogP contribution in [0.4, 0.5) is 5.13 Å². The first-order chi connectivity index (χ1) is 11.2. The van der Waals surface area contributed by atoms with Gasteiger partial charge < -0.3 is 15.4 Å². The van der Waals surface area contributed by atoms with Gasteiger partial charge in [0.1, 0.15) is 5.75 Å². The van der Waals surface area contributed by atoms with Crippen LogP contribution in [0.3, 0.4) is 0 Å². The van der Waals surface area contributed by atoms with E-state index in [2.05, 4.69) is 15.6 Å². The number of ether oxygens (including phenoxy) is 1. The third kappa shape index (κ3) is 3.83. The van der Waals surface area contributed by atoms with Crippen LogP contribution in [0.15, 0.2) is 23.6 Å². The molecule has 0 bridgehead atoms. The molecular weight excluding hydrogens is 334 g/mol. The minimum atomic E-state index is 0.0557. The highest BCUT2D eigenvalue weighted by Gasteiger charge is 2.21. The number of halogens is 1. The van der Waals surface area contributed by atoms with Crippen molar-refractivity contribution in [3.05, 3.63) is 28.6 Å². The Morgan fingerprint density at radius 3 is 2.91 bits per heavy atom. The van der Waals surface area contributed by atoms with E-state index in [1.54, 1.807) is 7.11 Å². The van der Waals surface area contributed by atoms with E-state index in [9.17, 15) is 4.79 Å². The highest BCUT2D eigenvalue weighted by atomic mass is 35.5. The van der Waals surface area contributed by atoms with Gasteiger partial charge in [0.15, 0.2) is 5.13 Å². The van der Waals surface area contributed by atoms with Crippen LogP contribution in [0.2, 0.25) is 5.02 Å². The standard InChI is InChI=1S/C16H18ClN3O2S/c1-22-14-3-2-11(8-12(14)17)13-9-23-16(19-13)20-15(21)10-4-6-18-7-5-10/h2-3,8-10,18H,4-7H2,1H3,(H,19,20,21). The minimum Gasteiger partial charge on any atom is -0.495 e. The third-order valence-electron chi connectivity index (χ3n) is 3.89. The molecule has 2 N–H and O–H groups in total. The first-order valence-corrected chi connectivity index (χ1v) is 8.74. The van der Waals surface area contributed by atoms with Crippen molar-refractivity contribution in [2.45, 2.75) is 12.8 Å². The zero-order valence-corrected chi connectivity index (χ0v) is 14.3. The predicted octanol–water partition coefficient (Wildman–Crippen LogP) is 3.41. The highest BCUT2D eigenvalue weighted by molar-refractivity contribution is 7.14. The molecule has 1 amide bonds. The molecule has 5 nitrogen and oxygen atoms in total. The number of hydrogen-bond acceptors (Lipinski definition) is 5. The summed E-state index contributed by atoms with van der Waals surface area (Å²) in [5.74, 6) is 0.754. The van der Waals surface area contributed by atoms with E-state index in [1.807, 2.05) is 23.6 Å². The summed E-state index contributed by atoms with van der Waals surface area (Å²) in [5, 5.41) is 9.25. The van der Waals surface area contributed by atoms with Gasteiger partial charge in [-0.15, -0.1) is 11.3 Å². The second kappa shape index (κ2) is 7.29. The zero-order chi connectivity index (χ0) is 16.2. The van der Waals surface area contributed by atoms with Crippen LogP contribution >= 0.6 is 22.9 Å². The van der Waals surface area contributed by atoms with Crippen molar-refractivity contribution in [1.82, 2.24) is 10.3 Å². The first-order valence-electron chi connectivity index (χ1n) is 7.48. The molecule has 23 heavy (non-hydrogen) atoms. The molecule has 1 saturated heterocycles. The molecule has 2 heterocycles. The lowest BCUT2D eigenvalue weighted by atomic mass is 9.97. The number of amides is 1. The first kappa shape index (κ1) is 16.2. The Morgan fingerprint density at radius 2 is 2.22 bits per heavy atom. The fraction of sp³-hybridized carbons (Fsp3) is 0.375. The fourth-order valence-electron chi connectivity index (χ4n) is 2.58. The van der Waals surface area contributed by atoms with Gasteiger partial charge in [0.05, 0.1) is 17.8 Å². The van der Waals surface area contributed by atoms with Crippen LogP contribution < -0.4 is 15.4 Å². The van der Waals surface area contributed by atoms with Gasteiger partial charge in [-0.25, -0.2) is 4.98 Å². The Kier molecular flexibility index (Phi) is 5.15. The Balaban J connectivity index is 1.70. The lowest BCUT2D eigenvalue weighted by molar-refractivity contribution is -0.120. The van der Waals surface area contributed by atoms with Crippen molar-refractivity contribution in [2.75, 3.05) is 25.5 Å². The van der Waals surface area contributed by atoms with Crippen LogP contribution in [0.5, 0.6) is 5.75 Å². The van der Waals surface area contributed by atoms with E-state index >= 15 is 0 Å². The van der Waals surface area contributed by atoms with Crippen molar-refractivity contribution in [1.29, 1.82) is 0 Å². The largest absolute Gasteiger partial charge is 0.495 e. The minimum absolute atomic E-state index is 0.0557. The fourth-order valence-corrected chi connectivity index (χ4v) is 3.56. The molecule has 1 aliphatic rings. The van der Waals surface area contributed by atoms with Crippen LogP contribution in [-0.2, 0) is 4.79 Å². The lowest BCUT2D eigenvalue weighted by Crippen LogP contribution is -2.34. The molecule has 3 rings (SSSR count). The molecule has 1 aliphatic heterocycles. The molecule has 0 unspecified atom stereocenters. The van der Waals surface area contributed by atoms with Crippen molar-refractivity contribution in [3.8, 4) is 17.0 Å². The topological polar surface area (TPSA) is 63.2 Å². The molecule has 0 radical (unpaired) electrons. The lowest BCUT2D eigenvalue weighted by Gasteiger charge is -2.20. The monoisotopic (exact) mass is 351 g/mol. The number of hydrogen-bond donors (Lipinski definition) is 2. The van der Waals surface area contributed by atoms with Gasteiger partial charge in [0.25, 0.3) is 0 Å². The van der Waals surface area contributed by atoms with Crippen LogP contribution in [0, 0.1) is 5.92 Å². The number of carbonyl (C=O) groups excluding carboxylic acids is 1. The van der Waals surface area contributed by atoms with Crippen LogP contribution in [-0.4, -0.2) is 31.1 Å². The van der Waals surface area contributed by atoms with E-state index in [1.165, 1.54) is 11.3 Å². The summed E-state index contributed by atoms with van der Waals surface area (Å²) in [6.07, 6.45) is 1.75. The number of piperidine rings is 1. The number of aromatic nitrogens is 1. The van der Waals surface area contributed by atoms with E-state index in [0.29, 0.717) is 15.9 Å². The Labute approximate surface area is 144 Å². The number of anilines is 1. The highest BCUT2D eigenvalue weighted by Crippen LogP contribution is 2.32. The summed E-state index contributed by atoms with van der Waals surface area (Å²) in [7, 11) is 1.58. The SMILES string of the molecule is COc1ccc(-c2csc(NC(=O)C3CCNCC3)n2)cc1Cl. The predicted molar refractivity (Wildman–Crippen MR) is 93.3 cm³/mol. The molecule has 1 aromatic heterocycles. The maximum Gasteiger partial charge on any atom is 0.229 e. The normalized spacial score (nSPS) is 15.4. The number of nitrogens with zero attached hydrogens (tertiary/aromatic N) is 1. The Hall–Kier alpha value is -1.63. The van der Waals surface area contributed by atoms with Crippen molar-refractivity contribution >= 4 is 34.0 Å². The zero-order valence-electron chi connectivity index (χ0n) is 12.8. The summed E-state index contributed by atoms with van der Waals surface area (Å²) < 4.78 is 5.15. The quantitative estimate of drug-likeness (QED) is 0.886. The Bertz CT molecular complexity index is 698. The third-order valence-corrected chi connectivity index (χ3v) is 4.94. The number of rotatable bonds is 4. The molecule has 0 aliphatic carbocycles. The second-order valence-electron chi connectivity index (χ2n) is 5.40. The van der Waals surface area contributed by atoms with Crippen LogP contribution in [0.25, 0.3) is 11.3 Å². The average Bonchev–Trinajstić information content (AvgIpc) is 3.04. The second-order valence-corrected chi connectivity index (χ2v) is 6.67. The van der Waals surface area contributed by atoms with E-state index < -0.39 is 0 Å². The van der Waals surface area contributed by atoms with E-state index in [4.69, 9.17) is 16.3 Å². The molecule has 7 heteroatoms. The summed E-state index contributed by atoms with van der Waals surface area (Å²) in [5.41, 5.74) is 1.69. The molecule has 1 fully saturated rings. The molecule has 122 valence electrons. The number of thiazole rings is 1. The molecule has 0 atom stereocenters. The van der Waals surface area contributed by atoms with Gasteiger partial charge in [0.2, 0.25) is 5.91 Å². The van der Waals surface area contributed by atoms with Gasteiger partial charge in [0, 0.05) is 16.9 Å². The van der Waals surface area contributed by atoms with Gasteiger partial charge in [-0.05, 0) is 44.1 Å². The number of nitrogens with one attached hydrogen (secondary N) is 2. The maximum atomic E-state index is 12.2.